The third-order valence-electron chi connectivity index (χ3n) is 3.60. The highest BCUT2D eigenvalue weighted by Gasteiger charge is 2.06. The smallest absolute Gasteiger partial charge is 0.191 e. The second-order valence-corrected chi connectivity index (χ2v) is 6.21. The van der Waals surface area contributed by atoms with Crippen LogP contribution in [0.2, 0.25) is 0 Å². The summed E-state index contributed by atoms with van der Waals surface area (Å²) in [5, 5.41) is 14.8. The molecule has 0 saturated heterocycles. The summed E-state index contributed by atoms with van der Waals surface area (Å²) in [4.78, 5) is 4.65. The van der Waals surface area contributed by atoms with E-state index >= 15 is 0 Å². The zero-order valence-corrected chi connectivity index (χ0v) is 15.0. The molecule has 0 aliphatic carbocycles. The molecular weight excluding hydrogens is 288 g/mol. The van der Waals surface area contributed by atoms with Gasteiger partial charge in [0.2, 0.25) is 0 Å². The minimum absolute atomic E-state index is 0.398. The largest absolute Gasteiger partial charge is 0.354 e. The van der Waals surface area contributed by atoms with Crippen molar-refractivity contribution in [2.45, 2.75) is 59.5 Å². The topological polar surface area (TPSA) is 67.1 Å². The van der Waals surface area contributed by atoms with Gasteiger partial charge in [0.15, 0.2) is 5.96 Å². The second-order valence-electron chi connectivity index (χ2n) is 6.21. The molecule has 0 aliphatic heterocycles. The molecule has 0 aliphatic rings. The standard InChI is InChI=1S/C17H32N6/c1-6-10-18-17(21-15(5)9-8-14(3)4)19-11-12-23-13-20-22-16(23)7-2/h6,13-15H,1,7-12H2,2-5H3,(H2,18,19,21). The Bertz CT molecular complexity index is 477. The summed E-state index contributed by atoms with van der Waals surface area (Å²) in [7, 11) is 0. The lowest BCUT2D eigenvalue weighted by molar-refractivity contribution is 0.489. The average molecular weight is 320 g/mol. The minimum Gasteiger partial charge on any atom is -0.354 e. The average Bonchev–Trinajstić information content (AvgIpc) is 2.97. The number of aryl methyl sites for hydroxylation is 1. The molecule has 0 aromatic carbocycles. The van der Waals surface area contributed by atoms with Crippen molar-refractivity contribution in [1.29, 1.82) is 0 Å². The quantitative estimate of drug-likeness (QED) is 0.395. The fraction of sp³-hybridized carbons (Fsp3) is 0.706. The van der Waals surface area contributed by atoms with Crippen LogP contribution in [0.3, 0.4) is 0 Å². The lowest BCUT2D eigenvalue weighted by atomic mass is 10.0. The van der Waals surface area contributed by atoms with Gasteiger partial charge in [-0.2, -0.15) is 0 Å². The van der Waals surface area contributed by atoms with Gasteiger partial charge in [0.25, 0.3) is 0 Å². The van der Waals surface area contributed by atoms with E-state index in [4.69, 9.17) is 0 Å². The summed E-state index contributed by atoms with van der Waals surface area (Å²) in [6.07, 6.45) is 6.84. The Kier molecular flexibility index (Phi) is 9.02. The molecule has 1 rings (SSSR count). The summed E-state index contributed by atoms with van der Waals surface area (Å²) in [5.41, 5.74) is 0. The first-order valence-corrected chi connectivity index (χ1v) is 8.59. The highest BCUT2D eigenvalue weighted by molar-refractivity contribution is 5.80. The van der Waals surface area contributed by atoms with Gasteiger partial charge in [-0.15, -0.1) is 16.8 Å². The van der Waals surface area contributed by atoms with Gasteiger partial charge in [-0.05, 0) is 25.7 Å². The van der Waals surface area contributed by atoms with E-state index in [2.05, 4.69) is 64.7 Å². The Hall–Kier alpha value is -1.85. The number of nitrogens with one attached hydrogen (secondary N) is 2. The molecular formula is C17H32N6. The number of aliphatic imine (C=N–C) groups is 1. The Labute approximate surface area is 140 Å². The maximum Gasteiger partial charge on any atom is 0.191 e. The van der Waals surface area contributed by atoms with Crippen molar-refractivity contribution in [3.05, 3.63) is 24.8 Å². The van der Waals surface area contributed by atoms with Crippen molar-refractivity contribution in [1.82, 2.24) is 25.4 Å². The third-order valence-corrected chi connectivity index (χ3v) is 3.60. The van der Waals surface area contributed by atoms with Crippen molar-refractivity contribution in [2.24, 2.45) is 10.9 Å². The lowest BCUT2D eigenvalue weighted by Crippen LogP contribution is -2.42. The maximum atomic E-state index is 4.65. The Morgan fingerprint density at radius 1 is 1.39 bits per heavy atom. The summed E-state index contributed by atoms with van der Waals surface area (Å²) in [5.74, 6) is 2.56. The van der Waals surface area contributed by atoms with Crippen LogP contribution in [-0.4, -0.2) is 39.9 Å². The number of hydrogen-bond acceptors (Lipinski definition) is 3. The van der Waals surface area contributed by atoms with Crippen LogP contribution in [0.15, 0.2) is 24.0 Å². The molecule has 1 atom stereocenters. The number of rotatable bonds is 10. The third kappa shape index (κ3) is 7.81. The van der Waals surface area contributed by atoms with Crippen LogP contribution in [0.5, 0.6) is 0 Å². The first-order valence-electron chi connectivity index (χ1n) is 8.59. The fourth-order valence-corrected chi connectivity index (χ4v) is 2.22. The monoisotopic (exact) mass is 320 g/mol. The molecule has 0 radical (unpaired) electrons. The zero-order valence-electron chi connectivity index (χ0n) is 15.0. The van der Waals surface area contributed by atoms with E-state index in [0.29, 0.717) is 19.1 Å². The van der Waals surface area contributed by atoms with E-state index in [0.717, 1.165) is 37.1 Å². The second kappa shape index (κ2) is 10.8. The molecule has 1 aromatic rings. The predicted octanol–water partition coefficient (Wildman–Crippen LogP) is 2.39. The molecule has 130 valence electrons. The van der Waals surface area contributed by atoms with Gasteiger partial charge in [0.05, 0.1) is 6.54 Å². The van der Waals surface area contributed by atoms with E-state index < -0.39 is 0 Å². The van der Waals surface area contributed by atoms with Gasteiger partial charge in [-0.1, -0.05) is 26.8 Å². The van der Waals surface area contributed by atoms with Crippen LogP contribution in [0.4, 0.5) is 0 Å². The van der Waals surface area contributed by atoms with E-state index in [1.807, 2.05) is 6.08 Å². The molecule has 0 saturated carbocycles. The van der Waals surface area contributed by atoms with E-state index in [-0.39, 0.29) is 0 Å². The van der Waals surface area contributed by atoms with Crippen molar-refractivity contribution in [3.8, 4) is 0 Å². The first-order chi connectivity index (χ1) is 11.1. The zero-order chi connectivity index (χ0) is 17.1. The predicted molar refractivity (Wildman–Crippen MR) is 96.6 cm³/mol. The normalized spacial score (nSPS) is 13.2. The lowest BCUT2D eigenvalue weighted by Gasteiger charge is -2.18. The molecule has 0 fully saturated rings. The van der Waals surface area contributed by atoms with E-state index in [1.165, 1.54) is 6.42 Å². The summed E-state index contributed by atoms with van der Waals surface area (Å²) >= 11 is 0. The van der Waals surface area contributed by atoms with Gasteiger partial charge in [-0.25, -0.2) is 0 Å². The molecule has 1 heterocycles. The van der Waals surface area contributed by atoms with Crippen LogP contribution in [0.1, 0.15) is 46.4 Å². The van der Waals surface area contributed by atoms with Crippen molar-refractivity contribution in [3.63, 3.8) is 0 Å². The highest BCUT2D eigenvalue weighted by atomic mass is 15.3. The molecule has 23 heavy (non-hydrogen) atoms. The molecule has 1 aromatic heterocycles. The maximum absolute atomic E-state index is 4.65. The van der Waals surface area contributed by atoms with Gasteiger partial charge in [0, 0.05) is 25.6 Å². The fourth-order valence-electron chi connectivity index (χ4n) is 2.22. The molecule has 6 nitrogen and oxygen atoms in total. The SMILES string of the molecule is C=CCNC(=NCCn1cnnc1CC)NC(C)CCC(C)C. The van der Waals surface area contributed by atoms with E-state index in [1.54, 1.807) is 6.33 Å². The van der Waals surface area contributed by atoms with Crippen molar-refractivity contribution >= 4 is 5.96 Å². The number of guanidine groups is 1. The summed E-state index contributed by atoms with van der Waals surface area (Å²) in [6.45, 7) is 14.7. The summed E-state index contributed by atoms with van der Waals surface area (Å²) < 4.78 is 2.05. The highest BCUT2D eigenvalue weighted by Crippen LogP contribution is 2.06. The van der Waals surface area contributed by atoms with Crippen LogP contribution < -0.4 is 10.6 Å². The summed E-state index contributed by atoms with van der Waals surface area (Å²) in [6, 6.07) is 0.398. The van der Waals surface area contributed by atoms with Gasteiger partial charge in [0.1, 0.15) is 12.2 Å². The Balaban J connectivity index is 2.52. The molecule has 0 bridgehead atoms. The molecule has 2 N–H and O–H groups in total. The van der Waals surface area contributed by atoms with Gasteiger partial charge >= 0.3 is 0 Å². The van der Waals surface area contributed by atoms with Crippen molar-refractivity contribution in [2.75, 3.05) is 13.1 Å². The Morgan fingerprint density at radius 3 is 2.83 bits per heavy atom. The number of hydrogen-bond donors (Lipinski definition) is 2. The van der Waals surface area contributed by atoms with Crippen LogP contribution in [0.25, 0.3) is 0 Å². The molecule has 1 unspecified atom stereocenters. The molecule has 0 amide bonds. The van der Waals surface area contributed by atoms with Crippen molar-refractivity contribution < 1.29 is 0 Å². The number of aromatic nitrogens is 3. The van der Waals surface area contributed by atoms with E-state index in [9.17, 15) is 0 Å². The van der Waals surface area contributed by atoms with Crippen LogP contribution in [0, 0.1) is 5.92 Å². The van der Waals surface area contributed by atoms with Crippen LogP contribution >= 0.6 is 0 Å². The van der Waals surface area contributed by atoms with Crippen LogP contribution in [-0.2, 0) is 13.0 Å². The molecule has 6 heteroatoms. The minimum atomic E-state index is 0.398. The van der Waals surface area contributed by atoms with Gasteiger partial charge < -0.3 is 15.2 Å². The van der Waals surface area contributed by atoms with Gasteiger partial charge in [-0.3, -0.25) is 4.99 Å². The number of nitrogens with zero attached hydrogens (tertiary/aromatic N) is 4. The first kappa shape index (κ1) is 19.2. The molecule has 0 spiro atoms. The Morgan fingerprint density at radius 2 is 2.17 bits per heavy atom.